The normalized spacial score (nSPS) is 32.6. The molecule has 4 aromatic carbocycles. The van der Waals surface area contributed by atoms with Gasteiger partial charge in [-0.3, -0.25) is 4.79 Å². The Balaban J connectivity index is 1.07. The maximum atomic E-state index is 13.7. The van der Waals surface area contributed by atoms with Crippen LogP contribution in [-0.4, -0.2) is 97.7 Å². The number of aliphatic hydroxyl groups is 1. The Kier molecular flexibility index (Phi) is 15.7. The largest absolute Gasteiger partial charge is 0.508 e. The predicted octanol–water partition coefficient (Wildman–Crippen LogP) is 10.9. The van der Waals surface area contributed by atoms with E-state index in [1.54, 1.807) is 20.3 Å². The van der Waals surface area contributed by atoms with Gasteiger partial charge in [-0.2, -0.15) is 0 Å². The Hall–Kier alpha value is -6.01. The topological polar surface area (TPSA) is 186 Å². The maximum Gasteiger partial charge on any atom is 0.302 e. The fraction of sp³-hybridized carbons (Fsp3) is 0.521. The van der Waals surface area contributed by atoms with Gasteiger partial charge in [0.1, 0.15) is 42.0 Å². The van der Waals surface area contributed by atoms with Gasteiger partial charge in [-0.15, -0.1) is 0 Å². The van der Waals surface area contributed by atoms with Crippen LogP contribution in [0.3, 0.4) is 0 Å². The van der Waals surface area contributed by atoms with Crippen molar-refractivity contribution in [2.45, 2.75) is 150 Å². The van der Waals surface area contributed by atoms with E-state index >= 15 is 0 Å². The number of hydrogen-bond acceptors (Lipinski definition) is 15. The number of allylic oxidation sites excluding steroid dienone is 3. The molecule has 2 spiro atoms. The number of dihydropyridines is 1. The summed E-state index contributed by atoms with van der Waals surface area (Å²) in [6.07, 6.45) is 19.6. The zero-order valence-corrected chi connectivity index (χ0v) is 52.4. The van der Waals surface area contributed by atoms with Crippen molar-refractivity contribution in [1.29, 1.82) is 0 Å². The summed E-state index contributed by atoms with van der Waals surface area (Å²) < 4.78 is 34.4. The van der Waals surface area contributed by atoms with E-state index < -0.39 is 35.5 Å². The number of methoxy groups -OCH3 is 2. The molecule has 15 rings (SSSR count). The number of esters is 1. The number of carbonyl (C=O) groups is 1. The number of aliphatic hydroxyl groups excluding tert-OH is 1. The van der Waals surface area contributed by atoms with Crippen LogP contribution in [0.25, 0.3) is 17.2 Å². The Morgan fingerprint density at radius 1 is 0.920 bits per heavy atom. The number of aromatic hydroxyl groups is 2. The molecule has 6 heterocycles. The number of carbonyl (C=O) groups excluding carboxylic acids is 1. The number of rotatable bonds is 6. The van der Waals surface area contributed by atoms with Crippen LogP contribution in [0, 0.1) is 59.2 Å². The van der Waals surface area contributed by atoms with Crippen molar-refractivity contribution < 1.29 is 43.8 Å². The summed E-state index contributed by atoms with van der Waals surface area (Å²) >= 11 is 0. The highest BCUT2D eigenvalue weighted by Gasteiger charge is 2.54. The first-order valence-electron chi connectivity index (χ1n) is 32.5. The molecular weight excluding hydrogens is 1140 g/mol. The highest BCUT2D eigenvalue weighted by Crippen LogP contribution is 2.65. The summed E-state index contributed by atoms with van der Waals surface area (Å²) in [7, 11) is 7.20. The van der Waals surface area contributed by atoms with Gasteiger partial charge in [0.2, 0.25) is 0 Å². The SMILES string of the molecule is COCC1C(CO)CNCc2c(O)c3c(c4c2C2C#CC5=C(C=CC(N)N5)C(Cc5cccc(c5)C5(CCCC5)C1C#C2)C1CCC2(Cc5cc(O)cc(OC)c5-c5ccc6c(c52)OC4C6COC(C)=O)C1)C=CC1NC2CCCC(CSSCC1O3)C2. The zero-order chi connectivity index (χ0) is 60.0. The lowest BCUT2D eigenvalue weighted by atomic mass is 9.61. The van der Waals surface area contributed by atoms with Gasteiger partial charge in [-0.25, -0.2) is 0 Å². The second-order valence-electron chi connectivity index (χ2n) is 27.3. The maximum absolute atomic E-state index is 13.7. The molecule has 0 amide bonds. The standard InChI is InChI=1S/C73H82N4O9S2/c1-40(79)84-37-57-51-14-15-52-64-45(29-49(80)30-61(64)83-3)32-72-25-22-44(31-72)54-28-41-8-6-10-47(26-41)73(23-4-5-24-73)58-18-12-43(13-19-59-50(54)17-21-63(74)77-59)65-55(34-75-33-46(35-78)56(58)36-82-2)68(81)71-53(66(65)69(57)86-70(51)67(52)72)16-20-60-62(85-71)39-88-87-38-42-9-7-11-48(27-42)76-60/h6,8,10,14-17,20-21,26,29-30,42-44,46,48,54,56-58,60,62-63,69,75-78,80-81H,4-5,7,9,11,22-25,27-28,31-39,74H2,1-3H3. The van der Waals surface area contributed by atoms with E-state index in [4.69, 9.17) is 29.4 Å². The molecular formula is C73H82N4O9S2. The van der Waals surface area contributed by atoms with E-state index in [0.717, 1.165) is 126 Å². The van der Waals surface area contributed by atoms with Crippen LogP contribution in [0.2, 0.25) is 0 Å². The van der Waals surface area contributed by atoms with Crippen LogP contribution in [0.4, 0.5) is 0 Å². The highest BCUT2D eigenvalue weighted by atomic mass is 33.1. The quantitative estimate of drug-likeness (QED) is 0.0549. The van der Waals surface area contributed by atoms with Crippen LogP contribution < -0.4 is 35.9 Å². The van der Waals surface area contributed by atoms with Crippen molar-refractivity contribution in [3.05, 3.63) is 128 Å². The zero-order valence-electron chi connectivity index (χ0n) is 50.8. The van der Waals surface area contributed by atoms with Crippen LogP contribution in [0.1, 0.15) is 146 Å². The molecule has 6 aliphatic heterocycles. The van der Waals surface area contributed by atoms with Crippen molar-refractivity contribution >= 4 is 33.6 Å². The van der Waals surface area contributed by atoms with Crippen LogP contribution in [0.15, 0.2) is 78.0 Å². The third kappa shape index (κ3) is 10.0. The van der Waals surface area contributed by atoms with E-state index in [-0.39, 0.29) is 78.4 Å². The van der Waals surface area contributed by atoms with Crippen LogP contribution in [0.5, 0.6) is 28.7 Å². The number of benzene rings is 4. The molecule has 1 saturated heterocycles. The van der Waals surface area contributed by atoms with E-state index in [2.05, 4.69) is 100 Å². The van der Waals surface area contributed by atoms with Crippen LogP contribution in [-0.2, 0) is 44.5 Å². The van der Waals surface area contributed by atoms with Crippen LogP contribution >= 0.6 is 21.6 Å². The smallest absolute Gasteiger partial charge is 0.302 e. The molecule has 0 radical (unpaired) electrons. The third-order valence-corrected chi connectivity index (χ3v) is 24.9. The number of ether oxygens (including phenoxy) is 5. The van der Waals surface area contributed by atoms with Gasteiger partial charge in [0.05, 0.1) is 37.5 Å². The minimum atomic E-state index is -0.850. The number of hydrogen-bond donors (Lipinski definition) is 7. The van der Waals surface area contributed by atoms with Gasteiger partial charge in [0.15, 0.2) is 11.5 Å². The molecule has 13 nitrogen and oxygen atoms in total. The molecule has 14 unspecified atom stereocenters. The monoisotopic (exact) mass is 1220 g/mol. The lowest BCUT2D eigenvalue weighted by molar-refractivity contribution is -0.141. The fourth-order valence-electron chi connectivity index (χ4n) is 18.4. The Morgan fingerprint density at radius 3 is 2.64 bits per heavy atom. The summed E-state index contributed by atoms with van der Waals surface area (Å²) in [5.74, 6) is 17.8. The lowest BCUT2D eigenvalue weighted by Crippen LogP contribution is -2.49. The minimum Gasteiger partial charge on any atom is -0.508 e. The first kappa shape index (κ1) is 58.4. The van der Waals surface area contributed by atoms with Gasteiger partial charge < -0.3 is 60.7 Å². The number of fused-ring (bicyclic) bond motifs is 16. The second-order valence-corrected chi connectivity index (χ2v) is 29.8. The van der Waals surface area contributed by atoms with Gasteiger partial charge in [0, 0.05) is 119 Å². The first-order valence-corrected chi connectivity index (χ1v) is 34.9. The highest BCUT2D eigenvalue weighted by molar-refractivity contribution is 8.76. The van der Waals surface area contributed by atoms with Gasteiger partial charge in [-0.05, 0) is 133 Å². The Bertz CT molecular complexity index is 3680. The van der Waals surface area contributed by atoms with Crippen molar-refractivity contribution in [3.8, 4) is 63.6 Å². The van der Waals surface area contributed by atoms with Gasteiger partial charge in [0.25, 0.3) is 0 Å². The Labute approximate surface area is 525 Å². The van der Waals surface area contributed by atoms with Crippen molar-refractivity contribution in [2.75, 3.05) is 52.1 Å². The molecule has 14 atom stereocenters. The molecule has 88 heavy (non-hydrogen) atoms. The number of phenolic OH excluding ortho intramolecular Hbond substituents is 2. The molecule has 4 aromatic rings. The number of phenols is 2. The van der Waals surface area contributed by atoms with Gasteiger partial charge >= 0.3 is 5.97 Å². The average molecular weight is 1220 g/mol. The average Bonchev–Trinajstić information content (AvgIpc) is 1.48. The van der Waals surface area contributed by atoms with Crippen molar-refractivity contribution in [2.24, 2.45) is 41.2 Å². The lowest BCUT2D eigenvalue weighted by Gasteiger charge is -2.42. The molecule has 4 fully saturated rings. The van der Waals surface area contributed by atoms with E-state index in [1.807, 2.05) is 27.7 Å². The van der Waals surface area contributed by atoms with E-state index in [9.17, 15) is 20.1 Å². The second kappa shape index (κ2) is 23.7. The first-order chi connectivity index (χ1) is 42.9. The molecule has 15 heteroatoms. The minimum absolute atomic E-state index is 0.0135. The molecule has 460 valence electrons. The summed E-state index contributed by atoms with van der Waals surface area (Å²) in [6.45, 7) is 2.37. The number of nitrogens with one attached hydrogen (secondary N) is 3. The number of nitrogens with two attached hydrogens (primary N) is 1. The van der Waals surface area contributed by atoms with Gasteiger partial charge in [-0.1, -0.05) is 113 Å². The molecule has 11 aliphatic rings. The molecule has 5 aliphatic carbocycles. The van der Waals surface area contributed by atoms with Crippen molar-refractivity contribution in [3.63, 3.8) is 0 Å². The van der Waals surface area contributed by atoms with E-state index in [1.165, 1.54) is 30.9 Å². The van der Waals surface area contributed by atoms with Crippen molar-refractivity contribution in [1.82, 2.24) is 16.0 Å². The predicted molar refractivity (Wildman–Crippen MR) is 345 cm³/mol. The fourth-order valence-corrected chi connectivity index (χ4v) is 21.1. The summed E-state index contributed by atoms with van der Waals surface area (Å²) in [5, 5.41) is 48.6. The summed E-state index contributed by atoms with van der Waals surface area (Å²) in [5.41, 5.74) is 18.3. The summed E-state index contributed by atoms with van der Waals surface area (Å²) in [6, 6.07) is 17.6. The Morgan fingerprint density at radius 2 is 1.80 bits per heavy atom. The molecule has 0 aromatic heterocycles. The molecule has 11 bridgehead atoms. The third-order valence-electron chi connectivity index (χ3n) is 22.4. The van der Waals surface area contributed by atoms with E-state index in [0.29, 0.717) is 59.9 Å². The molecule has 8 N–H and O–H groups in total. The molecule has 3 saturated carbocycles. The summed E-state index contributed by atoms with van der Waals surface area (Å²) in [4.78, 5) is 13.4.